The van der Waals surface area contributed by atoms with Gasteiger partial charge in [0.05, 0.1) is 0 Å². The maximum absolute atomic E-state index is 11.5. The number of hydrogen-bond acceptors (Lipinski definition) is 2. The van der Waals surface area contributed by atoms with Crippen molar-refractivity contribution < 1.29 is 9.53 Å². The third-order valence-electron chi connectivity index (χ3n) is 3.47. The standard InChI is InChI=1S/C14H24O2/c1-5-7-13(15)16-12-10-14(3,4)9-6-8-11(12)2/h5,7,11-12H,6,8-10H2,1-4H3. The molecule has 1 fully saturated rings. The molecule has 0 aliphatic heterocycles. The van der Waals surface area contributed by atoms with Crippen molar-refractivity contribution in [3.63, 3.8) is 0 Å². The molecule has 0 aromatic carbocycles. The second-order valence-corrected chi connectivity index (χ2v) is 5.71. The molecule has 0 bridgehead atoms. The van der Waals surface area contributed by atoms with Gasteiger partial charge in [-0.15, -0.1) is 0 Å². The van der Waals surface area contributed by atoms with Gasteiger partial charge < -0.3 is 4.74 Å². The first-order valence-corrected chi connectivity index (χ1v) is 6.28. The van der Waals surface area contributed by atoms with Crippen LogP contribution in [0.25, 0.3) is 0 Å². The summed E-state index contributed by atoms with van der Waals surface area (Å²) in [6.07, 6.45) is 7.94. The fourth-order valence-electron chi connectivity index (χ4n) is 2.42. The normalized spacial score (nSPS) is 30.0. The highest BCUT2D eigenvalue weighted by molar-refractivity contribution is 5.81. The zero-order valence-electron chi connectivity index (χ0n) is 11.0. The van der Waals surface area contributed by atoms with Crippen molar-refractivity contribution in [2.45, 2.75) is 59.5 Å². The summed E-state index contributed by atoms with van der Waals surface area (Å²) in [7, 11) is 0. The van der Waals surface area contributed by atoms with Crippen molar-refractivity contribution in [3.05, 3.63) is 12.2 Å². The van der Waals surface area contributed by atoms with Crippen molar-refractivity contribution in [1.82, 2.24) is 0 Å². The molecular weight excluding hydrogens is 200 g/mol. The Labute approximate surface area is 99.1 Å². The molecule has 0 spiro atoms. The van der Waals surface area contributed by atoms with Crippen molar-refractivity contribution in [2.24, 2.45) is 11.3 Å². The zero-order valence-corrected chi connectivity index (χ0v) is 11.0. The molecule has 1 rings (SSSR count). The van der Waals surface area contributed by atoms with Crippen LogP contribution in [0.5, 0.6) is 0 Å². The number of hydrogen-bond donors (Lipinski definition) is 0. The number of carbonyl (C=O) groups is 1. The van der Waals surface area contributed by atoms with E-state index in [9.17, 15) is 4.79 Å². The summed E-state index contributed by atoms with van der Waals surface area (Å²) in [5.74, 6) is 0.285. The molecular formula is C14H24O2. The first kappa shape index (κ1) is 13.3. The lowest BCUT2D eigenvalue weighted by Crippen LogP contribution is -2.27. The van der Waals surface area contributed by atoms with E-state index in [-0.39, 0.29) is 12.1 Å². The van der Waals surface area contributed by atoms with Crippen LogP contribution in [0.15, 0.2) is 12.2 Å². The van der Waals surface area contributed by atoms with E-state index in [0.717, 1.165) is 12.8 Å². The number of esters is 1. The van der Waals surface area contributed by atoms with E-state index in [1.54, 1.807) is 6.08 Å². The Morgan fingerprint density at radius 2 is 2.12 bits per heavy atom. The molecule has 0 saturated heterocycles. The quantitative estimate of drug-likeness (QED) is 0.406. The number of ether oxygens (including phenoxy) is 1. The summed E-state index contributed by atoms with van der Waals surface area (Å²) < 4.78 is 5.53. The van der Waals surface area contributed by atoms with Crippen LogP contribution in [0.1, 0.15) is 53.4 Å². The first-order valence-electron chi connectivity index (χ1n) is 6.28. The van der Waals surface area contributed by atoms with Gasteiger partial charge in [-0.25, -0.2) is 4.79 Å². The Kier molecular flexibility index (Phi) is 4.57. The van der Waals surface area contributed by atoms with Crippen molar-refractivity contribution in [1.29, 1.82) is 0 Å². The molecule has 16 heavy (non-hydrogen) atoms. The molecule has 0 radical (unpaired) electrons. The predicted molar refractivity (Wildman–Crippen MR) is 66.1 cm³/mol. The summed E-state index contributed by atoms with van der Waals surface area (Å²) in [5.41, 5.74) is 0.297. The summed E-state index contributed by atoms with van der Waals surface area (Å²) in [4.78, 5) is 11.5. The maximum atomic E-state index is 11.5. The molecule has 1 saturated carbocycles. The molecule has 2 nitrogen and oxygen atoms in total. The van der Waals surface area contributed by atoms with Crippen LogP contribution in [0.4, 0.5) is 0 Å². The second kappa shape index (κ2) is 5.51. The van der Waals surface area contributed by atoms with Gasteiger partial charge in [0.1, 0.15) is 6.10 Å². The topological polar surface area (TPSA) is 26.3 Å². The molecule has 0 amide bonds. The Bertz CT molecular complexity index is 266. The summed E-state index contributed by atoms with van der Waals surface area (Å²) in [6, 6.07) is 0. The minimum atomic E-state index is -0.197. The zero-order chi connectivity index (χ0) is 12.2. The highest BCUT2D eigenvalue weighted by atomic mass is 16.5. The third kappa shape index (κ3) is 3.99. The maximum Gasteiger partial charge on any atom is 0.330 e. The second-order valence-electron chi connectivity index (χ2n) is 5.71. The van der Waals surface area contributed by atoms with Gasteiger partial charge in [-0.05, 0) is 37.5 Å². The van der Waals surface area contributed by atoms with E-state index >= 15 is 0 Å². The first-order chi connectivity index (χ1) is 7.44. The Hall–Kier alpha value is -0.790. The third-order valence-corrected chi connectivity index (χ3v) is 3.47. The molecule has 92 valence electrons. The molecule has 2 heteroatoms. The Morgan fingerprint density at radius 1 is 1.44 bits per heavy atom. The van der Waals surface area contributed by atoms with Crippen LogP contribution in [0.2, 0.25) is 0 Å². The van der Waals surface area contributed by atoms with Gasteiger partial charge in [0, 0.05) is 6.08 Å². The lowest BCUT2D eigenvalue weighted by Gasteiger charge is -2.28. The van der Waals surface area contributed by atoms with E-state index in [1.807, 2.05) is 6.92 Å². The van der Waals surface area contributed by atoms with E-state index in [1.165, 1.54) is 18.9 Å². The van der Waals surface area contributed by atoms with Crippen molar-refractivity contribution in [2.75, 3.05) is 0 Å². The minimum Gasteiger partial charge on any atom is -0.459 e. The fourth-order valence-corrected chi connectivity index (χ4v) is 2.42. The van der Waals surface area contributed by atoms with E-state index in [0.29, 0.717) is 11.3 Å². The fraction of sp³-hybridized carbons (Fsp3) is 0.786. The SMILES string of the molecule is CC=CC(=O)OC1CC(C)(C)CCCC1C. The summed E-state index contributed by atoms with van der Waals surface area (Å²) >= 11 is 0. The van der Waals surface area contributed by atoms with Crippen LogP contribution in [0, 0.1) is 11.3 Å². The van der Waals surface area contributed by atoms with E-state index in [2.05, 4.69) is 20.8 Å². The van der Waals surface area contributed by atoms with Crippen LogP contribution in [0.3, 0.4) is 0 Å². The predicted octanol–water partition coefficient (Wildman–Crippen LogP) is 3.71. The molecule has 1 aliphatic carbocycles. The Morgan fingerprint density at radius 3 is 2.75 bits per heavy atom. The molecule has 2 atom stereocenters. The number of allylic oxidation sites excluding steroid dienone is 1. The molecule has 0 aromatic rings. The van der Waals surface area contributed by atoms with Crippen LogP contribution < -0.4 is 0 Å². The van der Waals surface area contributed by atoms with Crippen molar-refractivity contribution in [3.8, 4) is 0 Å². The highest BCUT2D eigenvalue weighted by Crippen LogP contribution is 2.37. The molecule has 0 heterocycles. The molecule has 1 aliphatic rings. The van der Waals surface area contributed by atoms with Gasteiger partial charge in [-0.3, -0.25) is 0 Å². The number of rotatable bonds is 2. The minimum absolute atomic E-state index is 0.0844. The Balaban J connectivity index is 2.64. The lowest BCUT2D eigenvalue weighted by molar-refractivity contribution is -0.146. The van der Waals surface area contributed by atoms with E-state index < -0.39 is 0 Å². The average Bonchev–Trinajstić information content (AvgIpc) is 2.26. The lowest BCUT2D eigenvalue weighted by atomic mass is 9.83. The number of carbonyl (C=O) groups excluding carboxylic acids is 1. The van der Waals surface area contributed by atoms with Crippen LogP contribution in [-0.4, -0.2) is 12.1 Å². The summed E-state index contributed by atoms with van der Waals surface area (Å²) in [6.45, 7) is 8.56. The molecule has 2 unspecified atom stereocenters. The van der Waals surface area contributed by atoms with Gasteiger partial charge in [0.15, 0.2) is 0 Å². The highest BCUT2D eigenvalue weighted by Gasteiger charge is 2.32. The molecule has 0 aromatic heterocycles. The van der Waals surface area contributed by atoms with E-state index in [4.69, 9.17) is 4.74 Å². The molecule has 0 N–H and O–H groups in total. The van der Waals surface area contributed by atoms with Crippen molar-refractivity contribution >= 4 is 5.97 Å². The van der Waals surface area contributed by atoms with Gasteiger partial charge >= 0.3 is 5.97 Å². The van der Waals surface area contributed by atoms with Gasteiger partial charge in [-0.1, -0.05) is 33.3 Å². The van der Waals surface area contributed by atoms with Crippen LogP contribution >= 0.6 is 0 Å². The largest absolute Gasteiger partial charge is 0.459 e. The smallest absolute Gasteiger partial charge is 0.330 e. The van der Waals surface area contributed by atoms with Crippen LogP contribution in [-0.2, 0) is 9.53 Å². The van der Waals surface area contributed by atoms with Gasteiger partial charge in [0.25, 0.3) is 0 Å². The summed E-state index contributed by atoms with van der Waals surface area (Å²) in [5, 5.41) is 0. The monoisotopic (exact) mass is 224 g/mol. The van der Waals surface area contributed by atoms with Gasteiger partial charge in [-0.2, -0.15) is 0 Å². The van der Waals surface area contributed by atoms with Gasteiger partial charge in [0.2, 0.25) is 0 Å². The average molecular weight is 224 g/mol.